The zero-order valence-corrected chi connectivity index (χ0v) is 15.3. The Morgan fingerprint density at radius 1 is 1.08 bits per heavy atom. The van der Waals surface area contributed by atoms with E-state index in [1.807, 2.05) is 20.8 Å². The van der Waals surface area contributed by atoms with Gasteiger partial charge in [-0.2, -0.15) is 13.2 Å². The van der Waals surface area contributed by atoms with Crippen molar-refractivity contribution >= 4 is 11.9 Å². The highest BCUT2D eigenvalue weighted by atomic mass is 19.4. The van der Waals surface area contributed by atoms with Crippen LogP contribution >= 0.6 is 0 Å². The molecule has 146 valence electrons. The second-order valence-corrected chi connectivity index (χ2v) is 7.50. The van der Waals surface area contributed by atoms with Crippen molar-refractivity contribution in [1.29, 1.82) is 0 Å². The summed E-state index contributed by atoms with van der Waals surface area (Å²) < 4.78 is 46.2. The molecule has 0 radical (unpaired) electrons. The maximum atomic E-state index is 12.4. The molecule has 0 N–H and O–H groups in total. The first-order valence-electron chi connectivity index (χ1n) is 8.95. The molecule has 0 bridgehead atoms. The first kappa shape index (κ1) is 21.8. The summed E-state index contributed by atoms with van der Waals surface area (Å²) >= 11 is 0. The Morgan fingerprint density at radius 3 is 2.20 bits per heavy atom. The summed E-state index contributed by atoms with van der Waals surface area (Å²) in [5.41, 5.74) is -1.18. The Hall–Kier alpha value is -1.27. The van der Waals surface area contributed by atoms with Gasteiger partial charge < -0.3 is 9.47 Å². The van der Waals surface area contributed by atoms with Gasteiger partial charge in [-0.15, -0.1) is 0 Å². The lowest BCUT2D eigenvalue weighted by atomic mass is 9.80. The van der Waals surface area contributed by atoms with E-state index in [1.165, 1.54) is 0 Å². The van der Waals surface area contributed by atoms with Gasteiger partial charge in [0.1, 0.15) is 5.60 Å². The Bertz CT molecular complexity index is 452. The van der Waals surface area contributed by atoms with E-state index >= 15 is 0 Å². The molecule has 0 heterocycles. The lowest BCUT2D eigenvalue weighted by molar-refractivity contribution is -0.186. The van der Waals surface area contributed by atoms with Crippen LogP contribution < -0.4 is 0 Å². The van der Waals surface area contributed by atoms with E-state index < -0.39 is 29.8 Å². The molecule has 7 heteroatoms. The van der Waals surface area contributed by atoms with Gasteiger partial charge in [-0.1, -0.05) is 13.3 Å². The molecule has 1 saturated carbocycles. The minimum atomic E-state index is -4.51. The number of halogens is 3. The molecule has 0 unspecified atom stereocenters. The molecule has 1 aliphatic rings. The van der Waals surface area contributed by atoms with Gasteiger partial charge >= 0.3 is 18.1 Å². The fraction of sp³-hybridized carbons (Fsp3) is 0.889. The van der Waals surface area contributed by atoms with Crippen LogP contribution in [0.3, 0.4) is 0 Å². The Balaban J connectivity index is 2.56. The standard InChI is InChI=1S/C18H29F3O4/c1-4-16(2,3)15(23)25-17(10-6-5-7-11-17)12-8-9-14(22)24-13-18(19,20)21/h4-13H2,1-3H3. The first-order valence-corrected chi connectivity index (χ1v) is 8.95. The first-order chi connectivity index (χ1) is 11.5. The van der Waals surface area contributed by atoms with Crippen LogP contribution in [0, 0.1) is 5.41 Å². The van der Waals surface area contributed by atoms with E-state index in [2.05, 4.69) is 4.74 Å². The third-order valence-electron chi connectivity index (χ3n) is 4.92. The van der Waals surface area contributed by atoms with Crippen LogP contribution in [-0.2, 0) is 19.1 Å². The van der Waals surface area contributed by atoms with Gasteiger partial charge in [0.2, 0.25) is 0 Å². The lowest BCUT2D eigenvalue weighted by Crippen LogP contribution is -2.41. The minimum Gasteiger partial charge on any atom is -0.459 e. The summed E-state index contributed by atoms with van der Waals surface area (Å²) in [4.78, 5) is 23.9. The van der Waals surface area contributed by atoms with Crippen LogP contribution in [-0.4, -0.2) is 30.3 Å². The topological polar surface area (TPSA) is 52.6 Å². The number of carbonyl (C=O) groups is 2. The molecule has 0 spiro atoms. The van der Waals surface area contributed by atoms with Crippen molar-refractivity contribution in [3.8, 4) is 0 Å². The van der Waals surface area contributed by atoms with Crippen LogP contribution in [0.1, 0.15) is 78.6 Å². The lowest BCUT2D eigenvalue weighted by Gasteiger charge is -2.39. The average Bonchev–Trinajstić information content (AvgIpc) is 2.53. The number of alkyl halides is 3. The predicted octanol–water partition coefficient (Wildman–Crippen LogP) is 4.94. The molecule has 4 nitrogen and oxygen atoms in total. The fourth-order valence-corrected chi connectivity index (χ4v) is 2.87. The Labute approximate surface area is 147 Å². The summed E-state index contributed by atoms with van der Waals surface area (Å²) in [7, 11) is 0. The number of ether oxygens (including phenoxy) is 2. The van der Waals surface area contributed by atoms with Gasteiger partial charge in [0.25, 0.3) is 0 Å². The molecule has 1 aliphatic carbocycles. The van der Waals surface area contributed by atoms with Crippen LogP contribution in [0.2, 0.25) is 0 Å². The Morgan fingerprint density at radius 2 is 1.68 bits per heavy atom. The number of carbonyl (C=O) groups excluding carboxylic acids is 2. The molecule has 0 amide bonds. The fourth-order valence-electron chi connectivity index (χ4n) is 2.87. The van der Waals surface area contributed by atoms with E-state index in [0.717, 1.165) is 32.1 Å². The quantitative estimate of drug-likeness (QED) is 0.571. The van der Waals surface area contributed by atoms with Crippen LogP contribution in [0.4, 0.5) is 13.2 Å². The molecule has 0 aliphatic heterocycles. The number of hydrogen-bond donors (Lipinski definition) is 0. The van der Waals surface area contributed by atoms with Gasteiger partial charge in [-0.25, -0.2) is 0 Å². The van der Waals surface area contributed by atoms with Crippen molar-refractivity contribution < 1.29 is 32.2 Å². The van der Waals surface area contributed by atoms with Crippen LogP contribution in [0.25, 0.3) is 0 Å². The van der Waals surface area contributed by atoms with Crippen molar-refractivity contribution in [2.75, 3.05) is 6.61 Å². The van der Waals surface area contributed by atoms with Gasteiger partial charge in [-0.05, 0) is 58.8 Å². The Kier molecular flexibility index (Phi) is 7.75. The SMILES string of the molecule is CCC(C)(C)C(=O)OC1(CCCC(=O)OCC(F)(F)F)CCCCC1. The third-order valence-corrected chi connectivity index (χ3v) is 4.92. The summed E-state index contributed by atoms with van der Waals surface area (Å²) in [6.45, 7) is 4.03. The highest BCUT2D eigenvalue weighted by Gasteiger charge is 2.39. The van der Waals surface area contributed by atoms with Crippen molar-refractivity contribution in [2.24, 2.45) is 5.41 Å². The molecule has 0 aromatic rings. The van der Waals surface area contributed by atoms with Crippen molar-refractivity contribution in [2.45, 2.75) is 90.3 Å². The molecular formula is C18H29F3O4. The van der Waals surface area contributed by atoms with E-state index in [4.69, 9.17) is 4.74 Å². The summed E-state index contributed by atoms with van der Waals surface area (Å²) in [5, 5.41) is 0. The molecule has 0 aromatic heterocycles. The van der Waals surface area contributed by atoms with Gasteiger partial charge in [0, 0.05) is 6.42 Å². The number of esters is 2. The zero-order chi connectivity index (χ0) is 19.1. The largest absolute Gasteiger partial charge is 0.459 e. The molecular weight excluding hydrogens is 337 g/mol. The van der Waals surface area contributed by atoms with Crippen molar-refractivity contribution in [1.82, 2.24) is 0 Å². The summed E-state index contributed by atoms with van der Waals surface area (Å²) in [6, 6.07) is 0. The van der Waals surface area contributed by atoms with E-state index in [9.17, 15) is 22.8 Å². The molecule has 1 fully saturated rings. The van der Waals surface area contributed by atoms with E-state index in [1.54, 1.807) is 0 Å². The van der Waals surface area contributed by atoms with Gasteiger partial charge in [-0.3, -0.25) is 9.59 Å². The second kappa shape index (κ2) is 8.90. The monoisotopic (exact) mass is 366 g/mol. The summed E-state index contributed by atoms with van der Waals surface area (Å²) in [6.07, 6.45) is 1.28. The summed E-state index contributed by atoms with van der Waals surface area (Å²) in [5.74, 6) is -1.12. The van der Waals surface area contributed by atoms with Crippen molar-refractivity contribution in [3.05, 3.63) is 0 Å². The number of hydrogen-bond acceptors (Lipinski definition) is 4. The maximum Gasteiger partial charge on any atom is 0.422 e. The zero-order valence-electron chi connectivity index (χ0n) is 15.3. The van der Waals surface area contributed by atoms with Crippen LogP contribution in [0.5, 0.6) is 0 Å². The molecule has 25 heavy (non-hydrogen) atoms. The van der Waals surface area contributed by atoms with Gasteiger partial charge in [0.05, 0.1) is 5.41 Å². The molecule has 0 saturated heterocycles. The van der Waals surface area contributed by atoms with E-state index in [0.29, 0.717) is 19.3 Å². The second-order valence-electron chi connectivity index (χ2n) is 7.50. The molecule has 1 rings (SSSR count). The number of rotatable bonds is 8. The highest BCUT2D eigenvalue weighted by Crippen LogP contribution is 2.38. The molecule has 0 atom stereocenters. The van der Waals surface area contributed by atoms with Crippen LogP contribution in [0.15, 0.2) is 0 Å². The predicted molar refractivity (Wildman–Crippen MR) is 86.8 cm³/mol. The van der Waals surface area contributed by atoms with Crippen molar-refractivity contribution in [3.63, 3.8) is 0 Å². The minimum absolute atomic E-state index is 0.105. The highest BCUT2D eigenvalue weighted by molar-refractivity contribution is 5.76. The van der Waals surface area contributed by atoms with E-state index in [-0.39, 0.29) is 12.4 Å². The molecule has 0 aromatic carbocycles. The van der Waals surface area contributed by atoms with Gasteiger partial charge in [0.15, 0.2) is 6.61 Å². The average molecular weight is 366 g/mol. The third kappa shape index (κ3) is 7.65. The smallest absolute Gasteiger partial charge is 0.422 e. The maximum absolute atomic E-state index is 12.4. The normalized spacial score (nSPS) is 17.8.